The number of hydrogen-bond donors (Lipinski definition) is 0. The van der Waals surface area contributed by atoms with Crippen LogP contribution in [0.15, 0.2) is 35.7 Å². The lowest BCUT2D eigenvalue weighted by atomic mass is 10.00. The van der Waals surface area contributed by atoms with Crippen LogP contribution < -0.4 is 4.74 Å². The molecule has 0 saturated heterocycles. The molecule has 166 valence electrons. The number of benzene rings is 1. The van der Waals surface area contributed by atoms with Crippen molar-refractivity contribution in [1.82, 2.24) is 9.80 Å². The molecule has 4 rings (SSSR count). The lowest BCUT2D eigenvalue weighted by Crippen LogP contribution is -2.48. The Labute approximate surface area is 186 Å². The summed E-state index contributed by atoms with van der Waals surface area (Å²) < 4.78 is 19.9. The summed E-state index contributed by atoms with van der Waals surface area (Å²) >= 11 is 1.68. The van der Waals surface area contributed by atoms with Crippen molar-refractivity contribution in [2.75, 3.05) is 19.7 Å². The van der Waals surface area contributed by atoms with Gasteiger partial charge in [0.05, 0.1) is 6.04 Å². The summed E-state index contributed by atoms with van der Waals surface area (Å²) in [4.78, 5) is 30.9. The lowest BCUT2D eigenvalue weighted by Gasteiger charge is -2.37. The van der Waals surface area contributed by atoms with Gasteiger partial charge in [-0.15, -0.1) is 11.3 Å². The molecule has 2 heterocycles. The van der Waals surface area contributed by atoms with Gasteiger partial charge in [-0.2, -0.15) is 0 Å². The van der Waals surface area contributed by atoms with Gasteiger partial charge in [-0.3, -0.25) is 9.59 Å². The standard InChI is InChI=1S/C24H29FN2O3S/c1-16(2)13-23(28)27(17-7-8-17)14-24(29)26-11-9-22-18(10-12-31-22)20(26)15-30-21-6-4-3-5-19(21)25/h3-6,10,12,16-17,20H,7-9,11,13-15H2,1-2H3/t20-/m0/s1. The number of carbonyl (C=O) groups excluding carboxylic acids is 2. The minimum Gasteiger partial charge on any atom is -0.488 e. The third-order valence-corrected chi connectivity index (χ3v) is 6.84. The van der Waals surface area contributed by atoms with E-state index in [9.17, 15) is 14.0 Å². The van der Waals surface area contributed by atoms with E-state index in [-0.39, 0.29) is 48.7 Å². The van der Waals surface area contributed by atoms with Crippen LogP contribution in [-0.4, -0.2) is 47.4 Å². The largest absolute Gasteiger partial charge is 0.488 e. The summed E-state index contributed by atoms with van der Waals surface area (Å²) in [6, 6.07) is 8.23. The Bertz CT molecular complexity index is 940. The van der Waals surface area contributed by atoms with E-state index in [1.54, 1.807) is 34.4 Å². The topological polar surface area (TPSA) is 49.9 Å². The zero-order valence-corrected chi connectivity index (χ0v) is 18.9. The summed E-state index contributed by atoms with van der Waals surface area (Å²) in [6.45, 7) is 4.90. The highest BCUT2D eigenvalue weighted by Crippen LogP contribution is 2.35. The van der Waals surface area contributed by atoms with E-state index >= 15 is 0 Å². The zero-order chi connectivity index (χ0) is 22.0. The molecule has 0 radical (unpaired) electrons. The third-order valence-electron chi connectivity index (χ3n) is 5.85. The molecule has 1 aliphatic heterocycles. The van der Waals surface area contributed by atoms with Crippen LogP contribution >= 0.6 is 11.3 Å². The van der Waals surface area contributed by atoms with Gasteiger partial charge in [0.25, 0.3) is 0 Å². The highest BCUT2D eigenvalue weighted by atomic mass is 32.1. The van der Waals surface area contributed by atoms with Crippen LogP contribution in [0.25, 0.3) is 0 Å². The molecular weight excluding hydrogens is 415 g/mol. The summed E-state index contributed by atoms with van der Waals surface area (Å²) in [7, 11) is 0. The van der Waals surface area contributed by atoms with Gasteiger partial charge in [0.1, 0.15) is 13.2 Å². The van der Waals surface area contributed by atoms with Crippen LogP contribution in [0, 0.1) is 11.7 Å². The Kier molecular flexibility index (Phi) is 6.60. The first-order chi connectivity index (χ1) is 14.9. The SMILES string of the molecule is CC(C)CC(=O)N(CC(=O)N1CCc2sccc2[C@@H]1COc1ccccc1F)C1CC1. The van der Waals surface area contributed by atoms with Crippen molar-refractivity contribution in [3.63, 3.8) is 0 Å². The maximum atomic E-state index is 14.0. The quantitative estimate of drug-likeness (QED) is 0.605. The molecule has 7 heteroatoms. The second-order valence-corrected chi connectivity index (χ2v) is 9.74. The Hall–Kier alpha value is -2.41. The molecule has 31 heavy (non-hydrogen) atoms. The van der Waals surface area contributed by atoms with Gasteiger partial charge < -0.3 is 14.5 Å². The molecular formula is C24H29FN2O3S. The first-order valence-electron chi connectivity index (χ1n) is 11.0. The minimum atomic E-state index is -0.416. The summed E-state index contributed by atoms with van der Waals surface area (Å²) in [6.07, 6.45) is 3.17. The molecule has 0 bridgehead atoms. The summed E-state index contributed by atoms with van der Waals surface area (Å²) in [5.41, 5.74) is 1.06. The molecule has 2 amide bonds. The van der Waals surface area contributed by atoms with Crippen LogP contribution in [-0.2, 0) is 16.0 Å². The van der Waals surface area contributed by atoms with Gasteiger partial charge in [0.15, 0.2) is 11.6 Å². The van der Waals surface area contributed by atoms with E-state index in [1.807, 2.05) is 30.2 Å². The number of fused-ring (bicyclic) bond motifs is 1. The summed E-state index contributed by atoms with van der Waals surface area (Å²) in [5, 5.41) is 2.03. The highest BCUT2D eigenvalue weighted by Gasteiger charge is 2.38. The number of ether oxygens (including phenoxy) is 1. The van der Waals surface area contributed by atoms with Gasteiger partial charge in [-0.1, -0.05) is 26.0 Å². The first kappa shape index (κ1) is 21.8. The van der Waals surface area contributed by atoms with E-state index in [2.05, 4.69) is 0 Å². The molecule has 0 spiro atoms. The third kappa shape index (κ3) is 5.09. The van der Waals surface area contributed by atoms with Crippen LogP contribution in [0.5, 0.6) is 5.75 Å². The fourth-order valence-corrected chi connectivity index (χ4v) is 5.04. The van der Waals surface area contributed by atoms with Crippen molar-refractivity contribution in [2.45, 2.75) is 51.6 Å². The smallest absolute Gasteiger partial charge is 0.242 e. The molecule has 5 nitrogen and oxygen atoms in total. The maximum absolute atomic E-state index is 14.0. The predicted molar refractivity (Wildman–Crippen MR) is 119 cm³/mol. The number of carbonyl (C=O) groups is 2. The van der Waals surface area contributed by atoms with Crippen molar-refractivity contribution >= 4 is 23.2 Å². The molecule has 1 saturated carbocycles. The highest BCUT2D eigenvalue weighted by molar-refractivity contribution is 7.10. The molecule has 2 aliphatic rings. The normalized spacial score (nSPS) is 18.1. The van der Waals surface area contributed by atoms with Gasteiger partial charge in [0.2, 0.25) is 11.8 Å². The fraction of sp³-hybridized carbons (Fsp3) is 0.500. The minimum absolute atomic E-state index is 0.0539. The molecule has 2 aromatic rings. The second kappa shape index (κ2) is 9.39. The van der Waals surface area contributed by atoms with Crippen molar-refractivity contribution in [1.29, 1.82) is 0 Å². The molecule has 1 atom stereocenters. The fourth-order valence-electron chi connectivity index (χ4n) is 4.12. The Morgan fingerprint density at radius 3 is 2.74 bits per heavy atom. The number of thiophene rings is 1. The van der Waals surface area contributed by atoms with Crippen molar-refractivity contribution in [3.8, 4) is 5.75 Å². The van der Waals surface area contributed by atoms with E-state index in [1.165, 1.54) is 10.9 Å². The second-order valence-electron chi connectivity index (χ2n) is 8.74. The molecule has 1 aromatic heterocycles. The van der Waals surface area contributed by atoms with E-state index < -0.39 is 5.82 Å². The number of para-hydroxylation sites is 1. The molecule has 1 aliphatic carbocycles. The van der Waals surface area contributed by atoms with Gasteiger partial charge in [0, 0.05) is 23.9 Å². The number of nitrogens with zero attached hydrogens (tertiary/aromatic N) is 2. The van der Waals surface area contributed by atoms with Gasteiger partial charge in [-0.05, 0) is 54.3 Å². The Morgan fingerprint density at radius 2 is 2.03 bits per heavy atom. The number of amides is 2. The maximum Gasteiger partial charge on any atom is 0.242 e. The van der Waals surface area contributed by atoms with Crippen molar-refractivity contribution < 1.29 is 18.7 Å². The predicted octanol–water partition coefficient (Wildman–Crippen LogP) is 4.43. The molecule has 0 unspecified atom stereocenters. The van der Waals surface area contributed by atoms with E-state index in [0.717, 1.165) is 24.8 Å². The molecule has 1 aromatic carbocycles. The van der Waals surface area contributed by atoms with E-state index in [4.69, 9.17) is 4.74 Å². The molecule has 1 fully saturated rings. The van der Waals surface area contributed by atoms with Crippen LogP contribution in [0.2, 0.25) is 0 Å². The number of rotatable bonds is 8. The average molecular weight is 445 g/mol. The number of hydrogen-bond acceptors (Lipinski definition) is 4. The zero-order valence-electron chi connectivity index (χ0n) is 18.1. The van der Waals surface area contributed by atoms with Crippen LogP contribution in [0.1, 0.15) is 49.6 Å². The Morgan fingerprint density at radius 1 is 1.26 bits per heavy atom. The van der Waals surface area contributed by atoms with Gasteiger partial charge >= 0.3 is 0 Å². The van der Waals surface area contributed by atoms with Crippen LogP contribution in [0.3, 0.4) is 0 Å². The van der Waals surface area contributed by atoms with Gasteiger partial charge in [-0.25, -0.2) is 4.39 Å². The first-order valence-corrected chi connectivity index (χ1v) is 11.8. The lowest BCUT2D eigenvalue weighted by molar-refractivity contribution is -0.143. The van der Waals surface area contributed by atoms with Crippen LogP contribution in [0.4, 0.5) is 4.39 Å². The average Bonchev–Trinajstić information content (AvgIpc) is 3.46. The number of halogens is 1. The van der Waals surface area contributed by atoms with Crippen molar-refractivity contribution in [3.05, 3.63) is 52.0 Å². The Balaban J connectivity index is 1.50. The van der Waals surface area contributed by atoms with Crippen molar-refractivity contribution in [2.24, 2.45) is 5.92 Å². The summed E-state index contributed by atoms with van der Waals surface area (Å²) in [5.74, 6) is 0.0141. The molecule has 0 N–H and O–H groups in total. The monoisotopic (exact) mass is 444 g/mol. The van der Waals surface area contributed by atoms with E-state index in [0.29, 0.717) is 13.0 Å².